The van der Waals surface area contributed by atoms with E-state index in [1.54, 1.807) is 0 Å². The van der Waals surface area contributed by atoms with E-state index in [9.17, 15) is 0 Å². The minimum absolute atomic E-state index is 0.705. The maximum atomic E-state index is 5.31. The van der Waals surface area contributed by atoms with Gasteiger partial charge in [-0.15, -0.1) is 0 Å². The normalized spacial score (nSPS) is 24.6. The lowest BCUT2D eigenvalue weighted by Gasteiger charge is -2.27. The van der Waals surface area contributed by atoms with Crippen LogP contribution in [0.3, 0.4) is 0 Å². The van der Waals surface area contributed by atoms with Crippen molar-refractivity contribution in [2.75, 3.05) is 39.4 Å². The molecule has 0 amide bonds. The molecule has 1 N–H and O–H groups in total. The van der Waals surface area contributed by atoms with Crippen LogP contribution < -0.4 is 5.32 Å². The van der Waals surface area contributed by atoms with Gasteiger partial charge in [-0.2, -0.15) is 0 Å². The molecule has 1 fully saturated rings. The second-order valence-corrected chi connectivity index (χ2v) is 4.05. The van der Waals surface area contributed by atoms with E-state index in [-0.39, 0.29) is 0 Å². The first kappa shape index (κ1) is 10.1. The lowest BCUT2D eigenvalue weighted by Crippen LogP contribution is -2.41. The summed E-state index contributed by atoms with van der Waals surface area (Å²) in [5.74, 6) is 0. The van der Waals surface area contributed by atoms with Crippen LogP contribution in [-0.4, -0.2) is 50.3 Å². The number of hydrogen-bond acceptors (Lipinski definition) is 3. The number of rotatable bonds is 4. The molecule has 0 atom stereocenters. The highest BCUT2D eigenvalue weighted by Gasteiger charge is 2.12. The zero-order chi connectivity index (χ0) is 9.64. The van der Waals surface area contributed by atoms with Crippen LogP contribution in [0.4, 0.5) is 0 Å². The first-order valence-electron chi connectivity index (χ1n) is 5.63. The Morgan fingerprint density at radius 3 is 2.64 bits per heavy atom. The van der Waals surface area contributed by atoms with Gasteiger partial charge in [-0.1, -0.05) is 12.2 Å². The molecular weight excluding hydrogens is 176 g/mol. The topological polar surface area (TPSA) is 24.5 Å². The fourth-order valence-electron chi connectivity index (χ4n) is 2.04. The van der Waals surface area contributed by atoms with Crippen LogP contribution in [0.25, 0.3) is 0 Å². The molecule has 0 aromatic carbocycles. The van der Waals surface area contributed by atoms with E-state index in [2.05, 4.69) is 22.4 Å². The Bertz CT molecular complexity index is 180. The molecule has 2 rings (SSSR count). The summed E-state index contributed by atoms with van der Waals surface area (Å²) in [7, 11) is 0. The summed E-state index contributed by atoms with van der Waals surface area (Å²) in [6.07, 6.45) is 6.96. The van der Waals surface area contributed by atoms with Crippen molar-refractivity contribution in [2.45, 2.75) is 18.9 Å². The summed E-state index contributed by atoms with van der Waals surface area (Å²) in [4.78, 5) is 2.47. The number of nitrogens with zero attached hydrogens (tertiary/aromatic N) is 1. The average molecular weight is 196 g/mol. The van der Waals surface area contributed by atoms with Crippen LogP contribution in [0.1, 0.15) is 12.8 Å². The van der Waals surface area contributed by atoms with Crippen molar-refractivity contribution in [3.05, 3.63) is 12.2 Å². The van der Waals surface area contributed by atoms with E-state index >= 15 is 0 Å². The molecule has 1 saturated heterocycles. The lowest BCUT2D eigenvalue weighted by molar-refractivity contribution is 0.0382. The molecule has 0 saturated carbocycles. The molecule has 2 aliphatic rings. The van der Waals surface area contributed by atoms with Crippen LogP contribution in [0.15, 0.2) is 12.2 Å². The van der Waals surface area contributed by atoms with Crippen molar-refractivity contribution >= 4 is 0 Å². The molecule has 1 heterocycles. The summed E-state index contributed by atoms with van der Waals surface area (Å²) < 4.78 is 5.31. The van der Waals surface area contributed by atoms with E-state index in [0.717, 1.165) is 32.8 Å². The number of morpholine rings is 1. The first-order valence-corrected chi connectivity index (χ1v) is 5.63. The zero-order valence-electron chi connectivity index (χ0n) is 8.74. The van der Waals surface area contributed by atoms with Crippen LogP contribution in [0.5, 0.6) is 0 Å². The average Bonchev–Trinajstić information content (AvgIpc) is 2.72. The summed E-state index contributed by atoms with van der Waals surface area (Å²) in [6, 6.07) is 0.705. The van der Waals surface area contributed by atoms with E-state index < -0.39 is 0 Å². The van der Waals surface area contributed by atoms with E-state index in [0.29, 0.717) is 6.04 Å². The molecule has 0 bridgehead atoms. The Balaban J connectivity index is 1.53. The molecule has 1 aliphatic carbocycles. The predicted molar refractivity (Wildman–Crippen MR) is 57.4 cm³/mol. The molecule has 14 heavy (non-hydrogen) atoms. The smallest absolute Gasteiger partial charge is 0.0594 e. The molecule has 0 spiro atoms. The monoisotopic (exact) mass is 196 g/mol. The van der Waals surface area contributed by atoms with Crippen molar-refractivity contribution in [1.29, 1.82) is 0 Å². The predicted octanol–water partition coefficient (Wildman–Crippen LogP) is 0.627. The highest BCUT2D eigenvalue weighted by molar-refractivity contribution is 4.97. The van der Waals surface area contributed by atoms with E-state index in [1.807, 2.05) is 0 Å². The molecule has 3 heteroatoms. The Kier molecular flexibility index (Phi) is 3.98. The van der Waals surface area contributed by atoms with Crippen molar-refractivity contribution in [1.82, 2.24) is 10.2 Å². The fraction of sp³-hybridized carbons (Fsp3) is 0.818. The third-order valence-electron chi connectivity index (χ3n) is 2.97. The van der Waals surface area contributed by atoms with E-state index in [1.165, 1.54) is 19.4 Å². The molecule has 80 valence electrons. The Morgan fingerprint density at radius 1 is 1.21 bits per heavy atom. The van der Waals surface area contributed by atoms with Gasteiger partial charge in [0.1, 0.15) is 0 Å². The van der Waals surface area contributed by atoms with Gasteiger partial charge in [-0.05, 0) is 12.8 Å². The SMILES string of the molecule is C1=CCC(NCCN2CCOCC2)C1. The van der Waals surface area contributed by atoms with Gasteiger partial charge in [0.05, 0.1) is 13.2 Å². The molecule has 0 aromatic heterocycles. The quantitative estimate of drug-likeness (QED) is 0.667. The zero-order valence-corrected chi connectivity index (χ0v) is 8.74. The lowest BCUT2D eigenvalue weighted by atomic mass is 10.2. The molecule has 3 nitrogen and oxygen atoms in total. The van der Waals surface area contributed by atoms with Gasteiger partial charge in [0.2, 0.25) is 0 Å². The third kappa shape index (κ3) is 3.08. The molecule has 0 unspecified atom stereocenters. The highest BCUT2D eigenvalue weighted by Crippen LogP contribution is 2.08. The van der Waals surface area contributed by atoms with Gasteiger partial charge in [0.25, 0.3) is 0 Å². The van der Waals surface area contributed by atoms with Crippen LogP contribution in [0.2, 0.25) is 0 Å². The molecule has 0 radical (unpaired) electrons. The van der Waals surface area contributed by atoms with Crippen LogP contribution in [0, 0.1) is 0 Å². The second-order valence-electron chi connectivity index (χ2n) is 4.05. The highest BCUT2D eigenvalue weighted by atomic mass is 16.5. The first-order chi connectivity index (χ1) is 6.95. The van der Waals surface area contributed by atoms with Gasteiger partial charge < -0.3 is 10.1 Å². The minimum atomic E-state index is 0.705. The fourth-order valence-corrected chi connectivity index (χ4v) is 2.04. The molecule has 0 aromatic rings. The van der Waals surface area contributed by atoms with Crippen LogP contribution >= 0.6 is 0 Å². The van der Waals surface area contributed by atoms with Crippen molar-refractivity contribution in [3.8, 4) is 0 Å². The standard InChI is InChI=1S/C11H20N2O/c1-2-4-11(3-1)12-5-6-13-7-9-14-10-8-13/h1-2,11-12H,3-10H2. The molecule has 1 aliphatic heterocycles. The second kappa shape index (κ2) is 5.49. The van der Waals surface area contributed by atoms with Crippen molar-refractivity contribution < 1.29 is 4.74 Å². The summed E-state index contributed by atoms with van der Waals surface area (Å²) in [5.41, 5.74) is 0. The molecular formula is C11H20N2O. The minimum Gasteiger partial charge on any atom is -0.379 e. The van der Waals surface area contributed by atoms with Crippen molar-refractivity contribution in [2.24, 2.45) is 0 Å². The van der Waals surface area contributed by atoms with Crippen molar-refractivity contribution in [3.63, 3.8) is 0 Å². The number of ether oxygens (including phenoxy) is 1. The van der Waals surface area contributed by atoms with Crippen LogP contribution in [-0.2, 0) is 4.74 Å². The number of hydrogen-bond donors (Lipinski definition) is 1. The van der Waals surface area contributed by atoms with Gasteiger partial charge in [0, 0.05) is 32.2 Å². The maximum Gasteiger partial charge on any atom is 0.0594 e. The maximum absolute atomic E-state index is 5.31. The van der Waals surface area contributed by atoms with Gasteiger partial charge in [0.15, 0.2) is 0 Å². The van der Waals surface area contributed by atoms with Gasteiger partial charge in [-0.25, -0.2) is 0 Å². The summed E-state index contributed by atoms with van der Waals surface area (Å²) in [5, 5.41) is 3.58. The summed E-state index contributed by atoms with van der Waals surface area (Å²) in [6.45, 7) is 6.30. The van der Waals surface area contributed by atoms with Gasteiger partial charge >= 0.3 is 0 Å². The Labute approximate surface area is 86.1 Å². The summed E-state index contributed by atoms with van der Waals surface area (Å²) >= 11 is 0. The Hall–Kier alpha value is -0.380. The third-order valence-corrected chi connectivity index (χ3v) is 2.97. The van der Waals surface area contributed by atoms with E-state index in [4.69, 9.17) is 4.74 Å². The Morgan fingerprint density at radius 2 is 1.93 bits per heavy atom. The largest absolute Gasteiger partial charge is 0.379 e. The number of nitrogens with one attached hydrogen (secondary N) is 1. The van der Waals surface area contributed by atoms with Gasteiger partial charge in [-0.3, -0.25) is 4.90 Å².